The molecule has 1 aromatic heterocycles. The molecule has 25 heavy (non-hydrogen) atoms. The van der Waals surface area contributed by atoms with Crippen LogP contribution in [0.25, 0.3) is 0 Å². The maximum atomic E-state index is 12.8. The first-order chi connectivity index (χ1) is 12.1. The van der Waals surface area contributed by atoms with E-state index in [1.54, 1.807) is 17.9 Å². The summed E-state index contributed by atoms with van der Waals surface area (Å²) in [6.45, 7) is 2.69. The third kappa shape index (κ3) is 4.90. The molecule has 0 radical (unpaired) electrons. The van der Waals surface area contributed by atoms with Gasteiger partial charge in [0, 0.05) is 12.6 Å². The highest BCUT2D eigenvalue weighted by molar-refractivity contribution is 5.93. The molecule has 1 atom stereocenters. The third-order valence-electron chi connectivity index (χ3n) is 4.82. The third-order valence-corrected chi connectivity index (χ3v) is 4.82. The van der Waals surface area contributed by atoms with E-state index < -0.39 is 6.04 Å². The molecule has 1 saturated carbocycles. The van der Waals surface area contributed by atoms with Crippen LogP contribution < -0.4 is 5.32 Å². The van der Waals surface area contributed by atoms with E-state index in [0.717, 1.165) is 38.5 Å². The van der Waals surface area contributed by atoms with Gasteiger partial charge in [-0.05, 0) is 51.9 Å². The Hall–Kier alpha value is -2.18. The van der Waals surface area contributed by atoms with Gasteiger partial charge in [-0.25, -0.2) is 0 Å². The second-order valence-electron chi connectivity index (χ2n) is 6.92. The van der Waals surface area contributed by atoms with Crippen LogP contribution in [0, 0.1) is 6.92 Å². The summed E-state index contributed by atoms with van der Waals surface area (Å²) in [5, 5.41) is 6.67. The molecule has 0 aromatic carbocycles. The molecule has 1 saturated heterocycles. The number of amides is 2. The predicted octanol–water partition coefficient (Wildman–Crippen LogP) is 2.27. The SMILES string of the molecule is Cc1noc(CN2CCCCC(NC(=O)C=C3CCCCC3)C2=O)n1. The van der Waals surface area contributed by atoms with Crippen LogP contribution in [0.1, 0.15) is 63.1 Å². The van der Waals surface area contributed by atoms with Crippen LogP contribution in [0.4, 0.5) is 0 Å². The van der Waals surface area contributed by atoms with E-state index in [1.807, 2.05) is 0 Å². The van der Waals surface area contributed by atoms with Crippen molar-refractivity contribution in [3.8, 4) is 0 Å². The molecule has 7 nitrogen and oxygen atoms in total. The Kier molecular flexibility index (Phi) is 5.83. The molecule has 1 aromatic rings. The van der Waals surface area contributed by atoms with Gasteiger partial charge in [-0.15, -0.1) is 0 Å². The molecule has 2 fully saturated rings. The lowest BCUT2D eigenvalue weighted by Crippen LogP contribution is -2.46. The molecule has 2 aliphatic rings. The largest absolute Gasteiger partial charge is 0.341 e. The van der Waals surface area contributed by atoms with Crippen molar-refractivity contribution in [3.05, 3.63) is 23.4 Å². The van der Waals surface area contributed by atoms with Gasteiger partial charge in [0.1, 0.15) is 12.6 Å². The molecule has 1 unspecified atom stereocenters. The van der Waals surface area contributed by atoms with E-state index in [9.17, 15) is 9.59 Å². The summed E-state index contributed by atoms with van der Waals surface area (Å²) in [6, 6.07) is -0.473. The van der Waals surface area contributed by atoms with E-state index >= 15 is 0 Å². The molecule has 0 bridgehead atoms. The van der Waals surface area contributed by atoms with Crippen molar-refractivity contribution in [2.75, 3.05) is 6.54 Å². The molecule has 1 aliphatic carbocycles. The number of rotatable bonds is 4. The minimum absolute atomic E-state index is 0.0660. The summed E-state index contributed by atoms with van der Waals surface area (Å²) in [4.78, 5) is 31.0. The van der Waals surface area contributed by atoms with Crippen LogP contribution in [0.5, 0.6) is 0 Å². The fourth-order valence-corrected chi connectivity index (χ4v) is 3.51. The second-order valence-corrected chi connectivity index (χ2v) is 6.92. The van der Waals surface area contributed by atoms with Crippen molar-refractivity contribution in [2.24, 2.45) is 0 Å². The van der Waals surface area contributed by atoms with Gasteiger partial charge in [0.2, 0.25) is 17.7 Å². The van der Waals surface area contributed by atoms with E-state index in [1.165, 1.54) is 12.0 Å². The van der Waals surface area contributed by atoms with Gasteiger partial charge in [0.25, 0.3) is 0 Å². The Morgan fingerprint density at radius 3 is 2.80 bits per heavy atom. The minimum atomic E-state index is -0.473. The Morgan fingerprint density at radius 1 is 1.28 bits per heavy atom. The van der Waals surface area contributed by atoms with Crippen molar-refractivity contribution in [3.63, 3.8) is 0 Å². The minimum Gasteiger partial charge on any atom is -0.341 e. The van der Waals surface area contributed by atoms with Crippen molar-refractivity contribution in [1.82, 2.24) is 20.4 Å². The summed E-state index contributed by atoms with van der Waals surface area (Å²) in [5.74, 6) is 0.776. The smallest absolute Gasteiger partial charge is 0.246 e. The second kappa shape index (κ2) is 8.27. The first kappa shape index (κ1) is 17.6. The molecule has 7 heteroatoms. The van der Waals surface area contributed by atoms with Gasteiger partial charge >= 0.3 is 0 Å². The van der Waals surface area contributed by atoms with E-state index in [0.29, 0.717) is 31.2 Å². The van der Waals surface area contributed by atoms with Gasteiger partial charge in [0.15, 0.2) is 5.82 Å². The summed E-state index contributed by atoms with van der Waals surface area (Å²) in [7, 11) is 0. The molecular formula is C18H26N4O3. The Morgan fingerprint density at radius 2 is 2.08 bits per heavy atom. The Bertz CT molecular complexity index is 645. The van der Waals surface area contributed by atoms with Crippen LogP contribution in [-0.4, -0.2) is 39.4 Å². The monoisotopic (exact) mass is 346 g/mol. The summed E-state index contributed by atoms with van der Waals surface area (Å²) >= 11 is 0. The first-order valence-corrected chi connectivity index (χ1v) is 9.20. The number of aryl methyl sites for hydroxylation is 1. The van der Waals surface area contributed by atoms with Crippen molar-refractivity contribution >= 4 is 11.8 Å². The molecule has 136 valence electrons. The zero-order valence-corrected chi connectivity index (χ0v) is 14.8. The standard InChI is InChI=1S/C18H26N4O3/c1-13-19-17(25-21-13)12-22-10-6-5-9-15(18(22)24)20-16(23)11-14-7-3-2-4-8-14/h11,15H,2-10,12H2,1H3,(H,20,23). The Labute approximate surface area is 147 Å². The molecule has 2 amide bonds. The Balaban J connectivity index is 1.61. The molecule has 0 spiro atoms. The van der Waals surface area contributed by atoms with Crippen molar-refractivity contribution < 1.29 is 14.1 Å². The number of nitrogens with one attached hydrogen (secondary N) is 1. The van der Waals surface area contributed by atoms with Gasteiger partial charge in [-0.1, -0.05) is 17.2 Å². The molecule has 2 heterocycles. The number of hydrogen-bond acceptors (Lipinski definition) is 5. The number of hydrogen-bond donors (Lipinski definition) is 1. The maximum Gasteiger partial charge on any atom is 0.246 e. The number of aromatic nitrogens is 2. The van der Waals surface area contributed by atoms with Crippen LogP contribution in [0.3, 0.4) is 0 Å². The van der Waals surface area contributed by atoms with Crippen LogP contribution in [0.15, 0.2) is 16.2 Å². The lowest BCUT2D eigenvalue weighted by atomic mass is 9.94. The molecular weight excluding hydrogens is 320 g/mol. The highest BCUT2D eigenvalue weighted by Gasteiger charge is 2.29. The van der Waals surface area contributed by atoms with E-state index in [2.05, 4.69) is 15.5 Å². The quantitative estimate of drug-likeness (QED) is 0.845. The zero-order valence-electron chi connectivity index (χ0n) is 14.8. The van der Waals surface area contributed by atoms with Gasteiger partial charge < -0.3 is 14.7 Å². The fourth-order valence-electron chi connectivity index (χ4n) is 3.51. The summed E-state index contributed by atoms with van der Waals surface area (Å²) in [5.41, 5.74) is 1.20. The van der Waals surface area contributed by atoms with Gasteiger partial charge in [0.05, 0.1) is 0 Å². The zero-order chi connectivity index (χ0) is 17.6. The van der Waals surface area contributed by atoms with Crippen molar-refractivity contribution in [2.45, 2.75) is 70.9 Å². The molecule has 3 rings (SSSR count). The summed E-state index contributed by atoms with van der Waals surface area (Å²) in [6.07, 6.45) is 9.72. The van der Waals surface area contributed by atoms with Crippen LogP contribution in [0.2, 0.25) is 0 Å². The number of carbonyl (C=O) groups excluding carboxylic acids is 2. The van der Waals surface area contributed by atoms with Crippen LogP contribution >= 0.6 is 0 Å². The fraction of sp³-hybridized carbons (Fsp3) is 0.667. The number of allylic oxidation sites excluding steroid dienone is 1. The molecule has 1 aliphatic heterocycles. The average molecular weight is 346 g/mol. The lowest BCUT2D eigenvalue weighted by Gasteiger charge is -2.23. The first-order valence-electron chi connectivity index (χ1n) is 9.20. The van der Waals surface area contributed by atoms with Gasteiger partial charge in [-0.3, -0.25) is 9.59 Å². The topological polar surface area (TPSA) is 88.3 Å². The highest BCUT2D eigenvalue weighted by Crippen LogP contribution is 2.22. The summed E-state index contributed by atoms with van der Waals surface area (Å²) < 4.78 is 5.12. The maximum absolute atomic E-state index is 12.8. The van der Waals surface area contributed by atoms with Crippen molar-refractivity contribution in [1.29, 1.82) is 0 Å². The predicted molar refractivity (Wildman–Crippen MR) is 91.4 cm³/mol. The van der Waals surface area contributed by atoms with Gasteiger partial charge in [-0.2, -0.15) is 4.98 Å². The molecule has 1 N–H and O–H groups in total. The lowest BCUT2D eigenvalue weighted by molar-refractivity contribution is -0.135. The van der Waals surface area contributed by atoms with E-state index in [4.69, 9.17) is 4.52 Å². The van der Waals surface area contributed by atoms with E-state index in [-0.39, 0.29) is 11.8 Å². The number of likely N-dealkylation sites (tertiary alicyclic amines) is 1. The normalized spacial score (nSPS) is 21.8. The van der Waals surface area contributed by atoms with Crippen LogP contribution in [-0.2, 0) is 16.1 Å². The number of nitrogens with zero attached hydrogens (tertiary/aromatic N) is 3. The number of carbonyl (C=O) groups is 2. The highest BCUT2D eigenvalue weighted by atomic mass is 16.5. The average Bonchev–Trinajstić information content (AvgIpc) is 2.93.